The molecule has 1 fully saturated rings. The Morgan fingerprint density at radius 3 is 2.30 bits per heavy atom. The van der Waals surface area contributed by atoms with Crippen molar-refractivity contribution in [2.75, 3.05) is 36.0 Å². The molecule has 0 radical (unpaired) electrons. The van der Waals surface area contributed by atoms with Crippen LogP contribution in [-0.4, -0.2) is 42.9 Å². The molecule has 5 rings (SSSR count). The number of aryl methyl sites for hydroxylation is 2. The number of carbonyl (C=O) groups excluding carboxylic acids is 2. The van der Waals surface area contributed by atoms with Gasteiger partial charge in [-0.3, -0.25) is 9.59 Å². The summed E-state index contributed by atoms with van der Waals surface area (Å²) < 4.78 is 0. The van der Waals surface area contributed by atoms with Gasteiger partial charge >= 0.3 is 0 Å². The first kappa shape index (κ1) is 21.3. The number of benzene rings is 3. The Morgan fingerprint density at radius 2 is 1.58 bits per heavy atom. The highest BCUT2D eigenvalue weighted by molar-refractivity contribution is 5.97. The van der Waals surface area contributed by atoms with E-state index in [2.05, 4.69) is 35.2 Å². The van der Waals surface area contributed by atoms with Crippen molar-refractivity contribution in [3.8, 4) is 0 Å². The summed E-state index contributed by atoms with van der Waals surface area (Å²) >= 11 is 0. The van der Waals surface area contributed by atoms with E-state index in [4.69, 9.17) is 0 Å². The Labute approximate surface area is 195 Å². The van der Waals surface area contributed by atoms with Gasteiger partial charge in [-0.05, 0) is 54.8 Å². The summed E-state index contributed by atoms with van der Waals surface area (Å²) in [5.74, 6) is 0.289. The third kappa shape index (κ3) is 4.49. The third-order valence-electron chi connectivity index (χ3n) is 6.68. The molecule has 5 nitrogen and oxygen atoms in total. The summed E-state index contributed by atoms with van der Waals surface area (Å²) in [4.78, 5) is 31.7. The van der Waals surface area contributed by atoms with Crippen molar-refractivity contribution in [2.24, 2.45) is 0 Å². The SMILES string of the molecule is Cc1ccc(C(=O)N2CCN(c3ccc4c(c3)CCC(=O)N4Cc3ccccc3)CC2)cc1. The monoisotopic (exact) mass is 439 g/mol. The van der Waals surface area contributed by atoms with Crippen LogP contribution in [0.25, 0.3) is 0 Å². The van der Waals surface area contributed by atoms with E-state index in [0.717, 1.165) is 41.9 Å². The van der Waals surface area contributed by atoms with Crippen molar-refractivity contribution in [2.45, 2.75) is 26.3 Å². The fraction of sp³-hybridized carbons (Fsp3) is 0.286. The third-order valence-corrected chi connectivity index (χ3v) is 6.68. The van der Waals surface area contributed by atoms with Crippen LogP contribution in [0.5, 0.6) is 0 Å². The largest absolute Gasteiger partial charge is 0.368 e. The van der Waals surface area contributed by atoms with Crippen LogP contribution in [-0.2, 0) is 17.8 Å². The molecule has 0 unspecified atom stereocenters. The minimum Gasteiger partial charge on any atom is -0.368 e. The lowest BCUT2D eigenvalue weighted by Crippen LogP contribution is -2.48. The van der Waals surface area contributed by atoms with E-state index in [-0.39, 0.29) is 11.8 Å². The standard InChI is InChI=1S/C28H29N3O2/c1-21-7-9-23(10-8-21)28(33)30-17-15-29(16-18-30)25-12-13-26-24(19-25)11-14-27(32)31(26)20-22-5-3-2-4-6-22/h2-10,12-13,19H,11,14-18,20H2,1H3. The fourth-order valence-corrected chi connectivity index (χ4v) is 4.73. The van der Waals surface area contributed by atoms with Crippen LogP contribution in [0.15, 0.2) is 72.8 Å². The molecule has 1 saturated heterocycles. The van der Waals surface area contributed by atoms with Gasteiger partial charge in [-0.1, -0.05) is 48.0 Å². The molecule has 5 heteroatoms. The minimum atomic E-state index is 0.107. The Bertz CT molecular complexity index is 1150. The van der Waals surface area contributed by atoms with E-state index >= 15 is 0 Å². The number of nitrogens with zero attached hydrogens (tertiary/aromatic N) is 3. The molecule has 2 amide bonds. The minimum absolute atomic E-state index is 0.107. The molecule has 0 aliphatic carbocycles. The van der Waals surface area contributed by atoms with Crippen molar-refractivity contribution >= 4 is 23.2 Å². The van der Waals surface area contributed by atoms with Gasteiger partial charge in [0.15, 0.2) is 0 Å². The van der Waals surface area contributed by atoms with Crippen molar-refractivity contribution in [3.05, 3.63) is 95.1 Å². The predicted molar refractivity (Wildman–Crippen MR) is 132 cm³/mol. The van der Waals surface area contributed by atoms with Crippen LogP contribution < -0.4 is 9.80 Å². The zero-order valence-corrected chi connectivity index (χ0v) is 19.0. The van der Waals surface area contributed by atoms with Crippen LogP contribution in [0.2, 0.25) is 0 Å². The summed E-state index contributed by atoms with van der Waals surface area (Å²) in [5.41, 5.74) is 6.47. The molecule has 3 aromatic rings. The number of piperazine rings is 1. The van der Waals surface area contributed by atoms with E-state index in [1.807, 2.05) is 59.2 Å². The number of fused-ring (bicyclic) bond motifs is 1. The van der Waals surface area contributed by atoms with Gasteiger partial charge in [-0.2, -0.15) is 0 Å². The van der Waals surface area contributed by atoms with Gasteiger partial charge < -0.3 is 14.7 Å². The molecular weight excluding hydrogens is 410 g/mol. The normalized spacial score (nSPS) is 16.0. The van der Waals surface area contributed by atoms with Gasteiger partial charge in [0.2, 0.25) is 5.91 Å². The Morgan fingerprint density at radius 1 is 0.848 bits per heavy atom. The number of carbonyl (C=O) groups is 2. The van der Waals surface area contributed by atoms with Crippen molar-refractivity contribution in [1.29, 1.82) is 0 Å². The maximum atomic E-state index is 12.8. The molecule has 3 aromatic carbocycles. The van der Waals surface area contributed by atoms with E-state index in [0.29, 0.717) is 26.1 Å². The first-order chi connectivity index (χ1) is 16.1. The van der Waals surface area contributed by atoms with Gasteiger partial charge in [0, 0.05) is 49.5 Å². The maximum absolute atomic E-state index is 12.8. The molecule has 0 spiro atoms. The highest BCUT2D eigenvalue weighted by atomic mass is 16.2. The summed E-state index contributed by atoms with van der Waals surface area (Å²) in [6.45, 7) is 5.67. The molecule has 0 saturated carbocycles. The van der Waals surface area contributed by atoms with Gasteiger partial charge in [-0.15, -0.1) is 0 Å². The summed E-state index contributed by atoms with van der Waals surface area (Å²) in [5, 5.41) is 0. The second-order valence-electron chi connectivity index (χ2n) is 8.92. The van der Waals surface area contributed by atoms with Gasteiger partial charge in [0.25, 0.3) is 5.91 Å². The van der Waals surface area contributed by atoms with Gasteiger partial charge in [0.1, 0.15) is 0 Å². The van der Waals surface area contributed by atoms with Crippen LogP contribution >= 0.6 is 0 Å². The Balaban J connectivity index is 1.27. The first-order valence-electron chi connectivity index (χ1n) is 11.7. The quantitative estimate of drug-likeness (QED) is 0.604. The predicted octanol–water partition coefficient (Wildman–Crippen LogP) is 4.44. The maximum Gasteiger partial charge on any atom is 0.253 e. The lowest BCUT2D eigenvalue weighted by Gasteiger charge is -2.37. The molecular formula is C28H29N3O2. The lowest BCUT2D eigenvalue weighted by molar-refractivity contribution is -0.119. The molecule has 0 N–H and O–H groups in total. The lowest BCUT2D eigenvalue weighted by atomic mass is 9.99. The number of hydrogen-bond donors (Lipinski definition) is 0. The van der Waals surface area contributed by atoms with Gasteiger partial charge in [-0.25, -0.2) is 0 Å². The summed E-state index contributed by atoms with van der Waals surface area (Å²) in [7, 11) is 0. The van der Waals surface area contributed by atoms with Crippen molar-refractivity contribution < 1.29 is 9.59 Å². The molecule has 168 valence electrons. The number of anilines is 2. The molecule has 2 heterocycles. The first-order valence-corrected chi connectivity index (χ1v) is 11.7. The van der Waals surface area contributed by atoms with E-state index in [9.17, 15) is 9.59 Å². The molecule has 33 heavy (non-hydrogen) atoms. The molecule has 2 aliphatic heterocycles. The van der Waals surface area contributed by atoms with Crippen molar-refractivity contribution in [3.63, 3.8) is 0 Å². The fourth-order valence-electron chi connectivity index (χ4n) is 4.73. The number of amides is 2. The van der Waals surface area contributed by atoms with Crippen molar-refractivity contribution in [1.82, 2.24) is 4.90 Å². The smallest absolute Gasteiger partial charge is 0.253 e. The van der Waals surface area contributed by atoms with Gasteiger partial charge in [0.05, 0.1) is 6.54 Å². The average Bonchev–Trinajstić information content (AvgIpc) is 2.86. The van der Waals surface area contributed by atoms with Crippen LogP contribution in [0, 0.1) is 6.92 Å². The zero-order valence-electron chi connectivity index (χ0n) is 19.0. The van der Waals surface area contributed by atoms with E-state index < -0.39 is 0 Å². The Hall–Kier alpha value is -3.60. The van der Waals surface area contributed by atoms with E-state index in [1.165, 1.54) is 11.3 Å². The molecule has 0 aromatic heterocycles. The van der Waals surface area contributed by atoms with E-state index in [1.54, 1.807) is 0 Å². The second-order valence-corrected chi connectivity index (χ2v) is 8.92. The second kappa shape index (κ2) is 9.10. The number of rotatable bonds is 4. The molecule has 2 aliphatic rings. The average molecular weight is 440 g/mol. The van der Waals surface area contributed by atoms with Crippen LogP contribution in [0.3, 0.4) is 0 Å². The Kier molecular flexibility index (Phi) is 5.86. The highest BCUT2D eigenvalue weighted by Gasteiger charge is 2.26. The highest BCUT2D eigenvalue weighted by Crippen LogP contribution is 2.33. The molecule has 0 atom stereocenters. The van der Waals surface area contributed by atoms with Crippen LogP contribution in [0.1, 0.15) is 33.5 Å². The van der Waals surface area contributed by atoms with Crippen LogP contribution in [0.4, 0.5) is 11.4 Å². The summed E-state index contributed by atoms with van der Waals surface area (Å²) in [6.07, 6.45) is 1.32. The molecule has 0 bridgehead atoms. The topological polar surface area (TPSA) is 43.9 Å². The number of hydrogen-bond acceptors (Lipinski definition) is 3. The summed E-state index contributed by atoms with van der Waals surface area (Å²) in [6, 6.07) is 24.4. The zero-order chi connectivity index (χ0) is 22.8.